The van der Waals surface area contributed by atoms with Crippen molar-refractivity contribution in [2.75, 3.05) is 7.05 Å². The molecule has 0 atom stereocenters. The summed E-state index contributed by atoms with van der Waals surface area (Å²) in [6.45, 7) is 0. The lowest BCUT2D eigenvalue weighted by Gasteiger charge is -1.99. The zero-order valence-corrected chi connectivity index (χ0v) is 9.98. The smallest absolute Gasteiger partial charge is 0.287 e. The van der Waals surface area contributed by atoms with Crippen LogP contribution in [0.5, 0.6) is 0 Å². The Balaban J connectivity index is 2.29. The Bertz CT molecular complexity index is 481. The van der Waals surface area contributed by atoms with Crippen LogP contribution in [0.1, 0.15) is 0 Å². The van der Waals surface area contributed by atoms with Gasteiger partial charge in [0.1, 0.15) is 0 Å². The molecular weight excluding hydrogens is 274 g/mol. The first kappa shape index (κ1) is 10.8. The molecule has 1 aliphatic rings. The predicted octanol–water partition coefficient (Wildman–Crippen LogP) is 1.66. The van der Waals surface area contributed by atoms with Crippen molar-refractivity contribution in [3.05, 3.63) is 28.7 Å². The fourth-order valence-corrected chi connectivity index (χ4v) is 1.47. The Labute approximate surface area is 100 Å². The van der Waals surface area contributed by atoms with Gasteiger partial charge in [-0.05, 0) is 24.3 Å². The normalized spacial score (nSPS) is 18.1. The van der Waals surface area contributed by atoms with Crippen LogP contribution >= 0.6 is 15.9 Å². The molecule has 1 aliphatic heterocycles. The van der Waals surface area contributed by atoms with E-state index in [0.717, 1.165) is 9.37 Å². The van der Waals surface area contributed by atoms with Crippen LogP contribution < -0.4 is 5.32 Å². The number of amides is 3. The van der Waals surface area contributed by atoms with Crippen LogP contribution in [0.15, 0.2) is 33.7 Å². The molecule has 0 unspecified atom stereocenters. The number of amidine groups is 1. The maximum Gasteiger partial charge on any atom is 0.329 e. The van der Waals surface area contributed by atoms with Gasteiger partial charge in [0.05, 0.1) is 5.69 Å². The van der Waals surface area contributed by atoms with Crippen molar-refractivity contribution >= 4 is 39.4 Å². The Morgan fingerprint density at radius 1 is 1.25 bits per heavy atom. The number of nitrogens with one attached hydrogen (secondary N) is 1. The van der Waals surface area contributed by atoms with Gasteiger partial charge in [0.25, 0.3) is 5.91 Å². The number of aliphatic imine (C=N–C) groups is 1. The number of hydrogen-bond donors (Lipinski definition) is 1. The molecule has 1 fully saturated rings. The minimum atomic E-state index is -0.458. The lowest BCUT2D eigenvalue weighted by molar-refractivity contribution is -0.119. The van der Waals surface area contributed by atoms with E-state index in [1.165, 1.54) is 7.05 Å². The second-order valence-corrected chi connectivity index (χ2v) is 4.15. The molecule has 1 heterocycles. The first-order valence-electron chi connectivity index (χ1n) is 4.51. The highest BCUT2D eigenvalue weighted by atomic mass is 79.9. The Morgan fingerprint density at radius 2 is 1.88 bits per heavy atom. The van der Waals surface area contributed by atoms with Crippen molar-refractivity contribution < 1.29 is 9.59 Å². The quantitative estimate of drug-likeness (QED) is 0.796. The number of benzene rings is 1. The van der Waals surface area contributed by atoms with Crippen molar-refractivity contribution in [3.63, 3.8) is 0 Å². The molecule has 1 aromatic rings. The average Bonchev–Trinajstić information content (AvgIpc) is 2.50. The summed E-state index contributed by atoms with van der Waals surface area (Å²) < 4.78 is 0.926. The summed E-state index contributed by atoms with van der Waals surface area (Å²) >= 11 is 3.30. The largest absolute Gasteiger partial charge is 0.329 e. The van der Waals surface area contributed by atoms with Crippen molar-refractivity contribution in [2.24, 2.45) is 4.99 Å². The van der Waals surface area contributed by atoms with Gasteiger partial charge in [0.15, 0.2) is 0 Å². The fourth-order valence-electron chi connectivity index (χ4n) is 1.21. The van der Waals surface area contributed by atoms with Gasteiger partial charge in [-0.2, -0.15) is 0 Å². The van der Waals surface area contributed by atoms with Gasteiger partial charge in [-0.1, -0.05) is 15.9 Å². The zero-order chi connectivity index (χ0) is 11.7. The number of imide groups is 1. The maximum absolute atomic E-state index is 11.5. The standard InChI is InChI=1S/C10H8BrN3O2/c1-14-9(15)8(13-10(14)16)12-7-4-2-6(11)3-5-7/h2-5H,1H3,(H,12,13,16). The van der Waals surface area contributed by atoms with Crippen molar-refractivity contribution in [1.29, 1.82) is 0 Å². The summed E-state index contributed by atoms with van der Waals surface area (Å²) in [4.78, 5) is 27.7. The topological polar surface area (TPSA) is 61.8 Å². The maximum atomic E-state index is 11.5. The van der Waals surface area contributed by atoms with Gasteiger partial charge in [-0.25, -0.2) is 9.79 Å². The summed E-state index contributed by atoms with van der Waals surface area (Å²) in [7, 11) is 1.40. The van der Waals surface area contributed by atoms with Gasteiger partial charge in [-0.3, -0.25) is 15.0 Å². The minimum absolute atomic E-state index is 0.0508. The molecule has 1 saturated heterocycles. The molecule has 0 radical (unpaired) electrons. The molecule has 1 N–H and O–H groups in total. The third kappa shape index (κ3) is 1.96. The molecule has 2 rings (SSSR count). The van der Waals surface area contributed by atoms with Crippen LogP contribution in [0.3, 0.4) is 0 Å². The third-order valence-corrected chi connectivity index (χ3v) is 2.63. The first-order chi connectivity index (χ1) is 7.58. The number of nitrogens with zero attached hydrogens (tertiary/aromatic N) is 2. The van der Waals surface area contributed by atoms with Gasteiger partial charge in [0, 0.05) is 11.5 Å². The zero-order valence-electron chi connectivity index (χ0n) is 8.40. The van der Waals surface area contributed by atoms with Crippen LogP contribution in [0.2, 0.25) is 0 Å². The number of rotatable bonds is 1. The fraction of sp³-hybridized carbons (Fsp3) is 0.100. The molecule has 1 aromatic carbocycles. The number of halogens is 1. The minimum Gasteiger partial charge on any atom is -0.287 e. The Morgan fingerprint density at radius 3 is 2.38 bits per heavy atom. The van der Waals surface area contributed by atoms with E-state index in [1.807, 2.05) is 12.1 Å². The third-order valence-electron chi connectivity index (χ3n) is 2.10. The van der Waals surface area contributed by atoms with E-state index in [-0.39, 0.29) is 5.84 Å². The Kier molecular flexibility index (Phi) is 2.74. The van der Waals surface area contributed by atoms with E-state index in [0.29, 0.717) is 5.69 Å². The monoisotopic (exact) mass is 281 g/mol. The van der Waals surface area contributed by atoms with Crippen LogP contribution in [0, 0.1) is 0 Å². The lowest BCUT2D eigenvalue weighted by Crippen LogP contribution is -2.25. The molecule has 6 heteroatoms. The van der Waals surface area contributed by atoms with Crippen LogP contribution in [-0.4, -0.2) is 29.7 Å². The SMILES string of the molecule is CN1C(=O)NC(=Nc2ccc(Br)cc2)C1=O. The molecule has 3 amide bonds. The average molecular weight is 282 g/mol. The van der Waals surface area contributed by atoms with E-state index in [9.17, 15) is 9.59 Å². The molecule has 5 nitrogen and oxygen atoms in total. The second-order valence-electron chi connectivity index (χ2n) is 3.23. The number of hydrogen-bond acceptors (Lipinski definition) is 3. The highest BCUT2D eigenvalue weighted by molar-refractivity contribution is 9.10. The van der Waals surface area contributed by atoms with Crippen molar-refractivity contribution in [2.45, 2.75) is 0 Å². The first-order valence-corrected chi connectivity index (χ1v) is 5.30. The summed E-state index contributed by atoms with van der Waals surface area (Å²) in [6.07, 6.45) is 0. The van der Waals surface area contributed by atoms with Gasteiger partial charge < -0.3 is 0 Å². The van der Waals surface area contributed by atoms with Crippen molar-refractivity contribution in [3.8, 4) is 0 Å². The number of likely N-dealkylation sites (N-methyl/N-ethyl adjacent to an activating group) is 1. The van der Waals surface area contributed by atoms with E-state index in [1.54, 1.807) is 12.1 Å². The van der Waals surface area contributed by atoms with E-state index < -0.39 is 11.9 Å². The molecule has 0 aromatic heterocycles. The second kappa shape index (κ2) is 4.05. The molecule has 0 saturated carbocycles. The Hall–Kier alpha value is -1.69. The number of carbonyl (C=O) groups is 2. The van der Waals surface area contributed by atoms with E-state index in [2.05, 4.69) is 26.2 Å². The molecule has 0 bridgehead atoms. The molecule has 82 valence electrons. The van der Waals surface area contributed by atoms with Crippen LogP contribution in [-0.2, 0) is 4.79 Å². The van der Waals surface area contributed by atoms with Crippen molar-refractivity contribution in [1.82, 2.24) is 10.2 Å². The van der Waals surface area contributed by atoms with Gasteiger partial charge in [0.2, 0.25) is 5.84 Å². The molecule has 16 heavy (non-hydrogen) atoms. The van der Waals surface area contributed by atoms with E-state index in [4.69, 9.17) is 0 Å². The molecular formula is C10H8BrN3O2. The summed E-state index contributed by atoms with van der Waals surface area (Å²) in [6, 6.07) is 6.65. The number of carbonyl (C=O) groups excluding carboxylic acids is 2. The van der Waals surface area contributed by atoms with Gasteiger partial charge >= 0.3 is 6.03 Å². The molecule has 0 aliphatic carbocycles. The van der Waals surface area contributed by atoms with Crippen LogP contribution in [0.4, 0.5) is 10.5 Å². The van der Waals surface area contributed by atoms with E-state index >= 15 is 0 Å². The summed E-state index contributed by atoms with van der Waals surface area (Å²) in [5.41, 5.74) is 0.613. The summed E-state index contributed by atoms with van der Waals surface area (Å²) in [5, 5.41) is 2.39. The van der Waals surface area contributed by atoms with Gasteiger partial charge in [-0.15, -0.1) is 0 Å². The highest BCUT2D eigenvalue weighted by Gasteiger charge is 2.31. The summed E-state index contributed by atoms with van der Waals surface area (Å²) in [5.74, 6) is -0.372. The number of urea groups is 1. The highest BCUT2D eigenvalue weighted by Crippen LogP contribution is 2.17. The van der Waals surface area contributed by atoms with Crippen LogP contribution in [0.25, 0.3) is 0 Å². The molecule has 0 spiro atoms. The lowest BCUT2D eigenvalue weighted by atomic mass is 10.3. The predicted molar refractivity (Wildman–Crippen MR) is 62.5 cm³/mol.